The molecule has 0 bridgehead atoms. The van der Waals surface area contributed by atoms with Gasteiger partial charge in [0.25, 0.3) is 5.56 Å². The number of ether oxygens (including phenoxy) is 1. The fraction of sp³-hybridized carbons (Fsp3) is 0.355. The largest absolute Gasteiger partial charge is 0.468 e. The minimum absolute atomic E-state index is 0.0505. The average Bonchev–Trinajstić information content (AvgIpc) is 3.60. The molecule has 5 aromatic rings. The van der Waals surface area contributed by atoms with Crippen LogP contribution in [0.25, 0.3) is 10.9 Å². The average molecular weight is 541 g/mol. The molecule has 0 aliphatic rings. The van der Waals surface area contributed by atoms with Crippen molar-refractivity contribution in [2.75, 3.05) is 13.7 Å². The Hall–Kier alpha value is -4.08. The van der Waals surface area contributed by atoms with Gasteiger partial charge >= 0.3 is 0 Å². The number of tetrazole rings is 1. The second-order valence-electron chi connectivity index (χ2n) is 11.2. The quantitative estimate of drug-likeness (QED) is 0.261. The van der Waals surface area contributed by atoms with E-state index in [1.54, 1.807) is 18.1 Å². The Kier molecular flexibility index (Phi) is 7.95. The summed E-state index contributed by atoms with van der Waals surface area (Å²) in [6, 6.07) is 19.8. The molecule has 9 heteroatoms. The summed E-state index contributed by atoms with van der Waals surface area (Å²) in [5, 5.41) is 13.6. The van der Waals surface area contributed by atoms with Crippen LogP contribution in [0.2, 0.25) is 0 Å². The van der Waals surface area contributed by atoms with Crippen molar-refractivity contribution >= 4 is 10.9 Å². The topological polar surface area (TPSA) is 102 Å². The van der Waals surface area contributed by atoms with Gasteiger partial charge in [0, 0.05) is 24.7 Å². The molecule has 0 radical (unpaired) electrons. The van der Waals surface area contributed by atoms with Gasteiger partial charge in [-0.05, 0) is 69.6 Å². The maximum Gasteiger partial charge on any atom is 0.253 e. The van der Waals surface area contributed by atoms with E-state index in [0.717, 1.165) is 27.8 Å². The van der Waals surface area contributed by atoms with Crippen LogP contribution >= 0.6 is 0 Å². The molecule has 208 valence electrons. The molecule has 0 aliphatic heterocycles. The lowest BCUT2D eigenvalue weighted by atomic mass is 9.86. The van der Waals surface area contributed by atoms with E-state index < -0.39 is 6.04 Å². The van der Waals surface area contributed by atoms with E-state index in [9.17, 15) is 4.79 Å². The number of nitrogens with one attached hydrogen (secondary N) is 1. The van der Waals surface area contributed by atoms with Gasteiger partial charge in [0.2, 0.25) is 0 Å². The fourth-order valence-corrected chi connectivity index (χ4v) is 4.98. The van der Waals surface area contributed by atoms with Crippen LogP contribution in [-0.4, -0.2) is 43.8 Å². The van der Waals surface area contributed by atoms with Crippen molar-refractivity contribution in [2.24, 2.45) is 0 Å². The maximum atomic E-state index is 13.7. The Bertz CT molecular complexity index is 1610. The SMILES string of the molecule is COCCn1nnnc1[C@H](c1cc2cc(C)ccc2[nH]c1=O)N(Cc1ccc(C(C)(C)C)cc1)Cc1ccco1. The highest BCUT2D eigenvalue weighted by Gasteiger charge is 2.31. The van der Waals surface area contributed by atoms with Crippen LogP contribution in [0, 0.1) is 6.92 Å². The summed E-state index contributed by atoms with van der Waals surface area (Å²) in [5.41, 5.74) is 4.68. The van der Waals surface area contributed by atoms with Gasteiger partial charge in [-0.25, -0.2) is 4.68 Å². The Labute approximate surface area is 233 Å². The summed E-state index contributed by atoms with van der Waals surface area (Å²) < 4.78 is 12.8. The zero-order valence-electron chi connectivity index (χ0n) is 23.7. The van der Waals surface area contributed by atoms with Crippen molar-refractivity contribution in [3.8, 4) is 0 Å². The number of aryl methyl sites for hydroxylation is 1. The van der Waals surface area contributed by atoms with Gasteiger partial charge in [0.05, 0.1) is 26.0 Å². The summed E-state index contributed by atoms with van der Waals surface area (Å²) in [7, 11) is 1.64. The van der Waals surface area contributed by atoms with Gasteiger partial charge in [-0.1, -0.05) is 56.7 Å². The number of nitrogens with zero attached hydrogens (tertiary/aromatic N) is 5. The fourth-order valence-electron chi connectivity index (χ4n) is 4.98. The van der Waals surface area contributed by atoms with E-state index in [1.165, 1.54) is 5.56 Å². The Morgan fingerprint density at radius 2 is 1.88 bits per heavy atom. The second kappa shape index (κ2) is 11.6. The third kappa shape index (κ3) is 6.05. The van der Waals surface area contributed by atoms with Crippen LogP contribution < -0.4 is 5.56 Å². The van der Waals surface area contributed by atoms with Crippen LogP contribution in [0.1, 0.15) is 60.7 Å². The van der Waals surface area contributed by atoms with E-state index in [0.29, 0.717) is 37.6 Å². The molecule has 5 rings (SSSR count). The number of fused-ring (bicyclic) bond motifs is 1. The highest BCUT2D eigenvalue weighted by Crippen LogP contribution is 2.31. The zero-order valence-corrected chi connectivity index (χ0v) is 23.7. The number of H-pyrrole nitrogens is 1. The molecule has 2 aromatic carbocycles. The van der Waals surface area contributed by atoms with Crippen LogP contribution in [0.5, 0.6) is 0 Å². The number of rotatable bonds is 10. The summed E-state index contributed by atoms with van der Waals surface area (Å²) in [6.07, 6.45) is 1.66. The number of methoxy groups -OCH3 is 1. The predicted octanol–water partition coefficient (Wildman–Crippen LogP) is 5.15. The van der Waals surface area contributed by atoms with Crippen molar-refractivity contribution in [1.82, 2.24) is 30.1 Å². The normalized spacial score (nSPS) is 12.8. The summed E-state index contributed by atoms with van der Waals surface area (Å²) in [4.78, 5) is 19.0. The number of benzene rings is 2. The first-order valence-corrected chi connectivity index (χ1v) is 13.5. The molecule has 3 heterocycles. The van der Waals surface area contributed by atoms with Crippen LogP contribution in [-0.2, 0) is 29.8 Å². The van der Waals surface area contributed by atoms with Crippen molar-refractivity contribution in [3.63, 3.8) is 0 Å². The number of furan rings is 1. The maximum absolute atomic E-state index is 13.7. The first-order valence-electron chi connectivity index (χ1n) is 13.5. The highest BCUT2D eigenvalue weighted by atomic mass is 16.5. The molecule has 0 unspecified atom stereocenters. The Balaban J connectivity index is 1.65. The van der Waals surface area contributed by atoms with Crippen molar-refractivity contribution in [1.29, 1.82) is 0 Å². The van der Waals surface area contributed by atoms with E-state index in [1.807, 2.05) is 37.3 Å². The summed E-state index contributed by atoms with van der Waals surface area (Å²) in [5.74, 6) is 1.34. The van der Waals surface area contributed by atoms with E-state index >= 15 is 0 Å². The molecular formula is C31H36N6O3. The zero-order chi connectivity index (χ0) is 28.3. The molecule has 0 amide bonds. The van der Waals surface area contributed by atoms with Gasteiger partial charge in [-0.15, -0.1) is 5.10 Å². The molecule has 1 N–H and O–H groups in total. The minimum atomic E-state index is -0.562. The standard InChI is InChI=1S/C31H36N6O3/c1-21-8-13-27-23(17-21)18-26(30(38)32-27)28(29-33-34-35-37(29)14-16-39-5)36(20-25-7-6-15-40-25)19-22-9-11-24(12-10-22)31(2,3)4/h6-13,15,17-18,28H,14,16,19-20H2,1-5H3,(H,32,38)/t28-/m0/s1. The van der Waals surface area contributed by atoms with E-state index in [4.69, 9.17) is 9.15 Å². The lowest BCUT2D eigenvalue weighted by molar-refractivity contribution is 0.163. The van der Waals surface area contributed by atoms with Crippen molar-refractivity contribution in [3.05, 3.63) is 111 Å². The molecule has 3 aromatic heterocycles. The molecule has 0 saturated heterocycles. The Morgan fingerprint density at radius 1 is 1.07 bits per heavy atom. The first-order chi connectivity index (χ1) is 19.2. The molecule has 0 saturated carbocycles. The number of pyridine rings is 1. The van der Waals surface area contributed by atoms with E-state index in [2.05, 4.69) is 76.5 Å². The minimum Gasteiger partial charge on any atom is -0.468 e. The highest BCUT2D eigenvalue weighted by molar-refractivity contribution is 5.79. The lowest BCUT2D eigenvalue weighted by Crippen LogP contribution is -2.35. The third-order valence-corrected chi connectivity index (χ3v) is 7.14. The number of aromatic amines is 1. The van der Waals surface area contributed by atoms with Gasteiger partial charge in [-0.2, -0.15) is 0 Å². The number of hydrogen-bond donors (Lipinski definition) is 1. The summed E-state index contributed by atoms with van der Waals surface area (Å²) >= 11 is 0. The number of aromatic nitrogens is 5. The first kappa shape index (κ1) is 27.5. The van der Waals surface area contributed by atoms with Crippen molar-refractivity contribution < 1.29 is 9.15 Å². The van der Waals surface area contributed by atoms with E-state index in [-0.39, 0.29) is 11.0 Å². The molecule has 9 nitrogen and oxygen atoms in total. The third-order valence-electron chi connectivity index (χ3n) is 7.14. The number of hydrogen-bond acceptors (Lipinski definition) is 7. The van der Waals surface area contributed by atoms with Crippen LogP contribution in [0.3, 0.4) is 0 Å². The monoisotopic (exact) mass is 540 g/mol. The molecule has 0 spiro atoms. The van der Waals surface area contributed by atoms with Crippen LogP contribution in [0.4, 0.5) is 0 Å². The van der Waals surface area contributed by atoms with Gasteiger partial charge in [0.1, 0.15) is 11.8 Å². The lowest BCUT2D eigenvalue weighted by Gasteiger charge is -2.30. The smallest absolute Gasteiger partial charge is 0.253 e. The Morgan fingerprint density at radius 3 is 2.58 bits per heavy atom. The van der Waals surface area contributed by atoms with Gasteiger partial charge < -0.3 is 14.1 Å². The molecule has 40 heavy (non-hydrogen) atoms. The predicted molar refractivity (Wildman–Crippen MR) is 154 cm³/mol. The van der Waals surface area contributed by atoms with Gasteiger partial charge in [0.15, 0.2) is 5.82 Å². The molecule has 0 fully saturated rings. The summed E-state index contributed by atoms with van der Waals surface area (Å²) in [6.45, 7) is 10.5. The molecular weight excluding hydrogens is 504 g/mol. The molecule has 0 aliphatic carbocycles. The van der Waals surface area contributed by atoms with Gasteiger partial charge in [-0.3, -0.25) is 9.69 Å². The molecule has 1 atom stereocenters. The van der Waals surface area contributed by atoms with Crippen molar-refractivity contribution in [2.45, 2.75) is 58.8 Å². The second-order valence-corrected chi connectivity index (χ2v) is 11.2. The van der Waals surface area contributed by atoms with Crippen LogP contribution in [0.15, 0.2) is 76.1 Å².